The maximum absolute atomic E-state index is 11.4. The van der Waals surface area contributed by atoms with Gasteiger partial charge in [-0.3, -0.25) is 14.7 Å². The molecule has 1 N–H and O–H groups in total. The predicted molar refractivity (Wildman–Crippen MR) is 47.2 cm³/mol. The van der Waals surface area contributed by atoms with Gasteiger partial charge in [0.2, 0.25) is 0 Å². The summed E-state index contributed by atoms with van der Waals surface area (Å²) in [5, 5.41) is 1.56. The smallest absolute Gasteiger partial charge is 0.253 e. The maximum atomic E-state index is 11.4. The van der Waals surface area contributed by atoms with E-state index in [1.807, 2.05) is 32.7 Å². The largest absolute Gasteiger partial charge is 0.278 e. The normalized spacial score (nSPS) is 30.9. The van der Waals surface area contributed by atoms with Crippen molar-refractivity contribution in [1.29, 1.82) is 0 Å². The fraction of sp³-hybridized carbons (Fsp3) is 0.875. The summed E-state index contributed by atoms with van der Waals surface area (Å²) in [6.07, 6.45) is 0. The number of hydrogen-bond donors (Lipinski definition) is 1. The van der Waals surface area contributed by atoms with Gasteiger partial charge in [-0.15, -0.1) is 0 Å². The monoisotopic (exact) mass is 171 g/mol. The third-order valence-electron chi connectivity index (χ3n) is 2.59. The van der Waals surface area contributed by atoms with Gasteiger partial charge < -0.3 is 0 Å². The van der Waals surface area contributed by atoms with Gasteiger partial charge >= 0.3 is 0 Å². The van der Waals surface area contributed by atoms with Gasteiger partial charge in [0.15, 0.2) is 0 Å². The first-order valence-corrected chi connectivity index (χ1v) is 4.14. The Morgan fingerprint density at radius 1 is 1.42 bits per heavy atom. The highest BCUT2D eigenvalue weighted by Crippen LogP contribution is 2.18. The summed E-state index contributed by atoms with van der Waals surface area (Å²) < 4.78 is 0. The van der Waals surface area contributed by atoms with E-state index < -0.39 is 0 Å². The summed E-state index contributed by atoms with van der Waals surface area (Å²) in [5.74, 6) is 0.108. The van der Waals surface area contributed by atoms with E-state index in [0.29, 0.717) is 0 Å². The molecule has 0 radical (unpaired) electrons. The van der Waals surface area contributed by atoms with E-state index in [1.165, 1.54) is 0 Å². The molecule has 1 aliphatic heterocycles. The molecule has 0 aliphatic carbocycles. The van der Waals surface area contributed by atoms with Crippen LogP contribution in [0.4, 0.5) is 0 Å². The van der Waals surface area contributed by atoms with Crippen molar-refractivity contribution >= 4 is 5.91 Å². The van der Waals surface area contributed by atoms with E-state index in [1.54, 1.807) is 12.1 Å². The molecule has 0 bridgehead atoms. The summed E-state index contributed by atoms with van der Waals surface area (Å²) >= 11 is 0. The summed E-state index contributed by atoms with van der Waals surface area (Å²) in [6.45, 7) is 6.01. The van der Waals surface area contributed by atoms with Crippen molar-refractivity contribution in [2.75, 3.05) is 14.1 Å². The van der Waals surface area contributed by atoms with E-state index in [9.17, 15) is 4.79 Å². The van der Waals surface area contributed by atoms with Crippen molar-refractivity contribution in [3.63, 3.8) is 0 Å². The second-order valence-electron chi connectivity index (χ2n) is 3.85. The van der Waals surface area contributed by atoms with Crippen molar-refractivity contribution in [2.24, 2.45) is 0 Å². The zero-order chi connectivity index (χ0) is 9.52. The van der Waals surface area contributed by atoms with E-state index in [4.69, 9.17) is 0 Å². The average Bonchev–Trinajstić information content (AvgIpc) is 1.97. The minimum Gasteiger partial charge on any atom is -0.278 e. The summed E-state index contributed by atoms with van der Waals surface area (Å²) in [6, 6.07) is -0.0498. The second-order valence-corrected chi connectivity index (χ2v) is 3.85. The van der Waals surface area contributed by atoms with Gasteiger partial charge in [0.25, 0.3) is 5.91 Å². The van der Waals surface area contributed by atoms with E-state index >= 15 is 0 Å². The Hall–Kier alpha value is -0.610. The van der Waals surface area contributed by atoms with Crippen molar-refractivity contribution in [2.45, 2.75) is 32.5 Å². The molecular weight excluding hydrogens is 154 g/mol. The van der Waals surface area contributed by atoms with Crippen molar-refractivity contribution in [3.8, 4) is 0 Å². The van der Waals surface area contributed by atoms with E-state index in [0.717, 1.165) is 0 Å². The Bertz CT molecular complexity index is 202. The molecule has 1 saturated heterocycles. The quantitative estimate of drug-likeness (QED) is 0.558. The van der Waals surface area contributed by atoms with Crippen LogP contribution < -0.4 is 5.43 Å². The van der Waals surface area contributed by atoms with Gasteiger partial charge in [-0.2, -0.15) is 0 Å². The van der Waals surface area contributed by atoms with Gasteiger partial charge in [0.05, 0.1) is 11.7 Å². The van der Waals surface area contributed by atoms with Crippen LogP contribution in [0.25, 0.3) is 0 Å². The number of hydrogen-bond acceptors (Lipinski definition) is 3. The van der Waals surface area contributed by atoms with Gasteiger partial charge in [0.1, 0.15) is 0 Å². The Morgan fingerprint density at radius 3 is 2.42 bits per heavy atom. The minimum absolute atomic E-state index is 0.0498. The van der Waals surface area contributed by atoms with Gasteiger partial charge in [-0.25, -0.2) is 5.43 Å². The molecule has 1 fully saturated rings. The SMILES string of the molecule is CC1C(=O)N(C)NC(C)(C)N1C. The number of carbonyl (C=O) groups is 1. The van der Waals surface area contributed by atoms with Gasteiger partial charge in [-0.1, -0.05) is 0 Å². The molecule has 0 saturated carbocycles. The molecule has 12 heavy (non-hydrogen) atoms. The standard InChI is InChI=1S/C8H17N3O/c1-6-7(12)11(5)9-8(2,3)10(6)4/h6,9H,1-5H3. The lowest BCUT2D eigenvalue weighted by Crippen LogP contribution is -2.70. The number of rotatable bonds is 0. The first-order valence-electron chi connectivity index (χ1n) is 4.14. The lowest BCUT2D eigenvalue weighted by atomic mass is 10.1. The van der Waals surface area contributed by atoms with Crippen LogP contribution in [0.3, 0.4) is 0 Å². The first-order chi connectivity index (χ1) is 5.36. The molecule has 0 aromatic heterocycles. The van der Waals surface area contributed by atoms with Crippen LogP contribution in [-0.2, 0) is 4.79 Å². The van der Waals surface area contributed by atoms with Gasteiger partial charge in [-0.05, 0) is 27.8 Å². The summed E-state index contributed by atoms with van der Waals surface area (Å²) in [5.41, 5.74) is 2.94. The van der Waals surface area contributed by atoms with Crippen LogP contribution in [0.15, 0.2) is 0 Å². The Kier molecular flexibility index (Phi) is 2.14. The van der Waals surface area contributed by atoms with Crippen LogP contribution in [0.2, 0.25) is 0 Å². The van der Waals surface area contributed by atoms with Crippen molar-refractivity contribution < 1.29 is 4.79 Å². The van der Waals surface area contributed by atoms with Crippen molar-refractivity contribution in [1.82, 2.24) is 15.3 Å². The molecule has 1 rings (SSSR count). The maximum Gasteiger partial charge on any atom is 0.253 e. The zero-order valence-corrected chi connectivity index (χ0v) is 8.38. The van der Waals surface area contributed by atoms with Crippen LogP contribution in [0, 0.1) is 0 Å². The number of hydrazine groups is 1. The molecule has 1 amide bonds. The van der Waals surface area contributed by atoms with Crippen LogP contribution >= 0.6 is 0 Å². The first kappa shape index (κ1) is 9.48. The zero-order valence-electron chi connectivity index (χ0n) is 8.38. The molecular formula is C8H17N3O. The Balaban J connectivity index is 2.85. The highest BCUT2D eigenvalue weighted by atomic mass is 16.2. The number of amides is 1. The number of nitrogens with one attached hydrogen (secondary N) is 1. The lowest BCUT2D eigenvalue weighted by Gasteiger charge is -2.47. The molecule has 0 aromatic carbocycles. The Labute approximate surface area is 73.5 Å². The van der Waals surface area contributed by atoms with Crippen molar-refractivity contribution in [3.05, 3.63) is 0 Å². The molecule has 70 valence electrons. The minimum atomic E-state index is -0.151. The van der Waals surface area contributed by atoms with Gasteiger partial charge in [0, 0.05) is 7.05 Å². The third kappa shape index (κ3) is 1.32. The fourth-order valence-corrected chi connectivity index (χ4v) is 1.47. The number of carbonyl (C=O) groups excluding carboxylic acids is 1. The summed E-state index contributed by atoms with van der Waals surface area (Å²) in [7, 11) is 3.70. The van der Waals surface area contributed by atoms with E-state index in [-0.39, 0.29) is 17.6 Å². The predicted octanol–water partition coefficient (Wildman–Crippen LogP) is 0.0194. The molecule has 1 heterocycles. The number of likely N-dealkylation sites (N-methyl/N-ethyl adjacent to an activating group) is 2. The highest BCUT2D eigenvalue weighted by molar-refractivity contribution is 5.81. The third-order valence-corrected chi connectivity index (χ3v) is 2.59. The molecule has 1 unspecified atom stereocenters. The molecule has 0 spiro atoms. The molecule has 1 aliphatic rings. The molecule has 4 heteroatoms. The molecule has 1 atom stereocenters. The number of nitrogens with zero attached hydrogens (tertiary/aromatic N) is 2. The summed E-state index contributed by atoms with van der Waals surface area (Å²) in [4.78, 5) is 13.5. The van der Waals surface area contributed by atoms with Crippen LogP contribution in [0.1, 0.15) is 20.8 Å². The average molecular weight is 171 g/mol. The van der Waals surface area contributed by atoms with E-state index in [2.05, 4.69) is 5.43 Å². The molecule has 0 aromatic rings. The highest BCUT2D eigenvalue weighted by Gasteiger charge is 2.38. The Morgan fingerprint density at radius 2 is 1.92 bits per heavy atom. The lowest BCUT2D eigenvalue weighted by molar-refractivity contribution is -0.155. The van der Waals surface area contributed by atoms with Crippen LogP contribution in [-0.4, -0.2) is 41.6 Å². The molecule has 4 nitrogen and oxygen atoms in total. The fourth-order valence-electron chi connectivity index (χ4n) is 1.47. The van der Waals surface area contributed by atoms with Crippen LogP contribution in [0.5, 0.6) is 0 Å². The second kappa shape index (κ2) is 2.71. The topological polar surface area (TPSA) is 35.6 Å².